The van der Waals surface area contributed by atoms with Gasteiger partial charge in [0.05, 0.1) is 43.2 Å². The molecule has 1 aromatic heterocycles. The zero-order valence-corrected chi connectivity index (χ0v) is 22.1. The monoisotopic (exact) mass is 498 g/mol. The summed E-state index contributed by atoms with van der Waals surface area (Å²) in [5, 5.41) is 4.12. The average molecular weight is 499 g/mol. The Morgan fingerprint density at radius 1 is 1.11 bits per heavy atom. The predicted octanol–water partition coefficient (Wildman–Crippen LogP) is 3.56. The van der Waals surface area contributed by atoms with E-state index < -0.39 is 17.9 Å². The van der Waals surface area contributed by atoms with Crippen LogP contribution in [0.1, 0.15) is 37.4 Å². The van der Waals surface area contributed by atoms with Gasteiger partial charge in [-0.05, 0) is 32.3 Å². The maximum Gasteiger partial charge on any atom is 0.336 e. The van der Waals surface area contributed by atoms with E-state index in [-0.39, 0.29) is 0 Å². The van der Waals surface area contributed by atoms with Crippen molar-refractivity contribution in [1.29, 1.82) is 0 Å². The highest BCUT2D eigenvalue weighted by Crippen LogP contribution is 2.41. The molecule has 1 unspecified atom stereocenters. The van der Waals surface area contributed by atoms with Crippen molar-refractivity contribution in [2.24, 2.45) is 0 Å². The standard InChI is InChI=1S/C26H34N4O4S/c1-7-35-26-27-15-20(30(26)16-18-11-9-8-10-12-18)23-21(24(31)33-5)17(2)28-19(13-14-29(3)4)22(23)25(32)34-6/h8-12,15,23,28H,7,13-14,16H2,1-6H3. The number of hydrogen-bond donors (Lipinski definition) is 1. The lowest BCUT2D eigenvalue weighted by molar-refractivity contribution is -0.137. The first-order valence-corrected chi connectivity index (χ1v) is 12.5. The number of allylic oxidation sites excluding steroid dienone is 1. The number of methoxy groups -OCH3 is 2. The molecule has 1 N–H and O–H groups in total. The molecule has 0 saturated heterocycles. The Morgan fingerprint density at radius 2 is 1.77 bits per heavy atom. The smallest absolute Gasteiger partial charge is 0.336 e. The highest BCUT2D eigenvalue weighted by Gasteiger charge is 2.40. The van der Waals surface area contributed by atoms with Gasteiger partial charge in [0.25, 0.3) is 0 Å². The lowest BCUT2D eigenvalue weighted by Crippen LogP contribution is -2.34. The van der Waals surface area contributed by atoms with Crippen LogP contribution in [0.2, 0.25) is 0 Å². The van der Waals surface area contributed by atoms with Crippen molar-refractivity contribution >= 4 is 23.7 Å². The number of dihydropyridines is 1. The van der Waals surface area contributed by atoms with Crippen molar-refractivity contribution < 1.29 is 19.1 Å². The summed E-state index contributed by atoms with van der Waals surface area (Å²) in [6.07, 6.45) is 2.35. The molecule has 8 nitrogen and oxygen atoms in total. The highest BCUT2D eigenvalue weighted by atomic mass is 32.2. The van der Waals surface area contributed by atoms with Gasteiger partial charge < -0.3 is 24.3 Å². The summed E-state index contributed by atoms with van der Waals surface area (Å²) in [5.41, 5.74) is 4.01. The SMILES string of the molecule is CCSc1ncc(C2C(C(=O)OC)=C(C)NC(CCN(C)C)=C2C(=O)OC)n1Cc1ccccc1. The molecule has 188 valence electrons. The number of rotatable bonds is 10. The zero-order chi connectivity index (χ0) is 25.5. The molecule has 9 heteroatoms. The average Bonchev–Trinajstić information content (AvgIpc) is 3.23. The van der Waals surface area contributed by atoms with E-state index in [1.807, 2.05) is 44.1 Å². The third-order valence-electron chi connectivity index (χ3n) is 5.87. The van der Waals surface area contributed by atoms with Crippen LogP contribution in [0, 0.1) is 0 Å². The van der Waals surface area contributed by atoms with Crippen LogP contribution in [0.15, 0.2) is 64.2 Å². The largest absolute Gasteiger partial charge is 0.466 e. The van der Waals surface area contributed by atoms with Gasteiger partial charge in [0.15, 0.2) is 5.16 Å². The van der Waals surface area contributed by atoms with E-state index in [0.29, 0.717) is 29.8 Å². The maximum absolute atomic E-state index is 13.2. The number of nitrogens with one attached hydrogen (secondary N) is 1. The summed E-state index contributed by atoms with van der Waals surface area (Å²) in [6, 6.07) is 10.1. The van der Waals surface area contributed by atoms with Crippen LogP contribution in [0.25, 0.3) is 0 Å². The number of esters is 2. The molecule has 3 rings (SSSR count). The Hall–Kier alpha value is -3.04. The molecule has 1 atom stereocenters. The molecular formula is C26H34N4O4S. The second-order valence-corrected chi connectivity index (χ2v) is 9.73. The topological polar surface area (TPSA) is 85.7 Å². The Kier molecular flexibility index (Phi) is 9.17. The number of carbonyl (C=O) groups is 2. The van der Waals surface area contributed by atoms with Crippen molar-refractivity contribution in [2.45, 2.75) is 37.9 Å². The molecular weight excluding hydrogens is 464 g/mol. The summed E-state index contributed by atoms with van der Waals surface area (Å²) in [6.45, 7) is 5.18. The number of thioether (sulfide) groups is 1. The molecule has 2 aromatic rings. The number of aromatic nitrogens is 2. The van der Waals surface area contributed by atoms with Crippen LogP contribution in [-0.4, -0.2) is 67.0 Å². The van der Waals surface area contributed by atoms with Crippen LogP contribution in [0.4, 0.5) is 0 Å². The second kappa shape index (κ2) is 12.1. The van der Waals surface area contributed by atoms with E-state index in [1.165, 1.54) is 14.2 Å². The van der Waals surface area contributed by atoms with Crippen molar-refractivity contribution in [3.63, 3.8) is 0 Å². The Labute approximate surface area is 211 Å². The molecule has 1 aliphatic rings. The molecule has 35 heavy (non-hydrogen) atoms. The molecule has 0 saturated carbocycles. The van der Waals surface area contributed by atoms with E-state index in [0.717, 1.165) is 34.4 Å². The van der Waals surface area contributed by atoms with Crippen molar-refractivity contribution in [3.05, 3.63) is 70.3 Å². The third kappa shape index (κ3) is 5.97. The fourth-order valence-electron chi connectivity index (χ4n) is 4.23. The number of imidazole rings is 1. The lowest BCUT2D eigenvalue weighted by atomic mass is 9.82. The van der Waals surface area contributed by atoms with Crippen LogP contribution in [0.3, 0.4) is 0 Å². The Morgan fingerprint density at radius 3 is 2.37 bits per heavy atom. The molecule has 0 bridgehead atoms. The van der Waals surface area contributed by atoms with Crippen LogP contribution in [-0.2, 0) is 25.6 Å². The second-order valence-electron chi connectivity index (χ2n) is 8.50. The molecule has 0 amide bonds. The molecule has 1 aromatic carbocycles. The molecule has 1 aliphatic heterocycles. The summed E-state index contributed by atoms with van der Waals surface area (Å²) >= 11 is 1.62. The first-order valence-electron chi connectivity index (χ1n) is 11.6. The molecule has 0 fully saturated rings. The van der Waals surface area contributed by atoms with Gasteiger partial charge in [0.1, 0.15) is 0 Å². The minimum atomic E-state index is -0.685. The summed E-state index contributed by atoms with van der Waals surface area (Å²) in [7, 11) is 6.66. The normalized spacial score (nSPS) is 15.9. The number of carbonyl (C=O) groups excluding carboxylic acids is 2. The zero-order valence-electron chi connectivity index (χ0n) is 21.3. The van der Waals surface area contributed by atoms with E-state index in [4.69, 9.17) is 9.47 Å². The van der Waals surface area contributed by atoms with Crippen molar-refractivity contribution in [3.8, 4) is 0 Å². The lowest BCUT2D eigenvalue weighted by Gasteiger charge is -2.32. The summed E-state index contributed by atoms with van der Waals surface area (Å²) in [4.78, 5) is 33.0. The number of nitrogens with zero attached hydrogens (tertiary/aromatic N) is 3. The van der Waals surface area contributed by atoms with Gasteiger partial charge in [-0.25, -0.2) is 14.6 Å². The fraction of sp³-hybridized carbons (Fsp3) is 0.423. The van der Waals surface area contributed by atoms with Gasteiger partial charge >= 0.3 is 11.9 Å². The Bertz CT molecular complexity index is 1120. The van der Waals surface area contributed by atoms with Crippen LogP contribution in [0.5, 0.6) is 0 Å². The third-order valence-corrected chi connectivity index (χ3v) is 6.74. The van der Waals surface area contributed by atoms with Gasteiger partial charge in [-0.2, -0.15) is 0 Å². The highest BCUT2D eigenvalue weighted by molar-refractivity contribution is 7.99. The molecule has 0 radical (unpaired) electrons. The molecule has 0 spiro atoms. The Balaban J connectivity index is 2.25. The number of hydrogen-bond acceptors (Lipinski definition) is 8. The minimum Gasteiger partial charge on any atom is -0.466 e. The van der Waals surface area contributed by atoms with Gasteiger partial charge in [-0.3, -0.25) is 0 Å². The van der Waals surface area contributed by atoms with E-state index in [2.05, 4.69) is 33.9 Å². The van der Waals surface area contributed by atoms with Crippen LogP contribution >= 0.6 is 11.8 Å². The van der Waals surface area contributed by atoms with Gasteiger partial charge in [0.2, 0.25) is 0 Å². The summed E-state index contributed by atoms with van der Waals surface area (Å²) in [5.74, 6) is -0.826. The van der Waals surface area contributed by atoms with Gasteiger partial charge in [0, 0.05) is 30.9 Å². The minimum absolute atomic E-state index is 0.378. The number of benzene rings is 1. The van der Waals surface area contributed by atoms with Gasteiger partial charge in [-0.1, -0.05) is 49.0 Å². The number of ether oxygens (including phenoxy) is 2. The first-order chi connectivity index (χ1) is 16.8. The van der Waals surface area contributed by atoms with Crippen molar-refractivity contribution in [2.75, 3.05) is 40.6 Å². The summed E-state index contributed by atoms with van der Waals surface area (Å²) < 4.78 is 12.5. The molecule has 2 heterocycles. The van der Waals surface area contributed by atoms with E-state index in [9.17, 15) is 9.59 Å². The molecule has 0 aliphatic carbocycles. The van der Waals surface area contributed by atoms with E-state index >= 15 is 0 Å². The quantitative estimate of drug-likeness (QED) is 0.393. The van der Waals surface area contributed by atoms with Crippen molar-refractivity contribution in [1.82, 2.24) is 19.8 Å². The predicted molar refractivity (Wildman–Crippen MR) is 137 cm³/mol. The van der Waals surface area contributed by atoms with Crippen LogP contribution < -0.4 is 5.32 Å². The fourth-order valence-corrected chi connectivity index (χ4v) is 4.94. The van der Waals surface area contributed by atoms with E-state index in [1.54, 1.807) is 18.0 Å². The first kappa shape index (κ1) is 26.6. The maximum atomic E-state index is 13.2. The van der Waals surface area contributed by atoms with Gasteiger partial charge in [-0.15, -0.1) is 0 Å².